The molecule has 1 aromatic rings. The SMILES string of the molecule is CCCN=C1NC(=O)C(CC(=O)Nc2ccc(OCCC)cc2)S1. The molecule has 1 aliphatic rings. The van der Waals surface area contributed by atoms with Crippen LogP contribution in [0.2, 0.25) is 0 Å². The van der Waals surface area contributed by atoms with Crippen LogP contribution in [0.1, 0.15) is 33.1 Å². The number of aliphatic imine (C=N–C) groups is 1. The molecule has 2 N–H and O–H groups in total. The van der Waals surface area contributed by atoms with Gasteiger partial charge in [-0.25, -0.2) is 0 Å². The molecular formula is C17H23N3O3S. The Kier molecular flexibility index (Phi) is 7.11. The molecule has 1 unspecified atom stereocenters. The van der Waals surface area contributed by atoms with Crippen LogP contribution in [0.5, 0.6) is 5.75 Å². The van der Waals surface area contributed by atoms with Crippen LogP contribution >= 0.6 is 11.8 Å². The molecule has 2 rings (SSSR count). The predicted octanol–water partition coefficient (Wildman–Crippen LogP) is 2.80. The van der Waals surface area contributed by atoms with Crippen LogP contribution in [0.15, 0.2) is 29.3 Å². The molecule has 130 valence electrons. The number of benzene rings is 1. The van der Waals surface area contributed by atoms with Crippen molar-refractivity contribution in [1.29, 1.82) is 0 Å². The van der Waals surface area contributed by atoms with Crippen LogP contribution < -0.4 is 15.4 Å². The van der Waals surface area contributed by atoms with Crippen molar-refractivity contribution in [3.05, 3.63) is 24.3 Å². The third-order valence-corrected chi connectivity index (χ3v) is 4.36. The molecule has 1 aliphatic heterocycles. The van der Waals surface area contributed by atoms with Gasteiger partial charge in [0.25, 0.3) is 0 Å². The molecule has 24 heavy (non-hydrogen) atoms. The lowest BCUT2D eigenvalue weighted by Gasteiger charge is -2.09. The van der Waals surface area contributed by atoms with E-state index in [9.17, 15) is 9.59 Å². The van der Waals surface area contributed by atoms with Gasteiger partial charge in [0.2, 0.25) is 11.8 Å². The monoisotopic (exact) mass is 349 g/mol. The molecule has 1 atom stereocenters. The summed E-state index contributed by atoms with van der Waals surface area (Å²) in [5, 5.41) is 5.70. The van der Waals surface area contributed by atoms with E-state index in [0.29, 0.717) is 24.0 Å². The Labute approximate surface area is 146 Å². The van der Waals surface area contributed by atoms with Crippen molar-refractivity contribution >= 4 is 34.4 Å². The van der Waals surface area contributed by atoms with Gasteiger partial charge in [0.05, 0.1) is 6.61 Å². The number of ether oxygens (including phenoxy) is 1. The van der Waals surface area contributed by atoms with Crippen LogP contribution in [-0.2, 0) is 9.59 Å². The maximum absolute atomic E-state index is 12.1. The summed E-state index contributed by atoms with van der Waals surface area (Å²) >= 11 is 1.32. The molecule has 1 fully saturated rings. The van der Waals surface area contributed by atoms with E-state index in [4.69, 9.17) is 4.74 Å². The van der Waals surface area contributed by atoms with E-state index >= 15 is 0 Å². The quantitative estimate of drug-likeness (QED) is 0.756. The van der Waals surface area contributed by atoms with Gasteiger partial charge in [-0.1, -0.05) is 25.6 Å². The maximum Gasteiger partial charge on any atom is 0.240 e. The molecule has 0 saturated carbocycles. The number of hydrogen-bond acceptors (Lipinski definition) is 5. The molecule has 2 amide bonds. The van der Waals surface area contributed by atoms with E-state index < -0.39 is 5.25 Å². The van der Waals surface area contributed by atoms with Crippen molar-refractivity contribution in [3.63, 3.8) is 0 Å². The summed E-state index contributed by atoms with van der Waals surface area (Å²) in [5.41, 5.74) is 0.687. The fourth-order valence-corrected chi connectivity index (χ4v) is 3.06. The topological polar surface area (TPSA) is 79.8 Å². The first-order valence-corrected chi connectivity index (χ1v) is 9.05. The van der Waals surface area contributed by atoms with Crippen molar-refractivity contribution in [2.24, 2.45) is 4.99 Å². The average molecular weight is 349 g/mol. The summed E-state index contributed by atoms with van der Waals surface area (Å²) < 4.78 is 5.50. The summed E-state index contributed by atoms with van der Waals surface area (Å²) in [7, 11) is 0. The van der Waals surface area contributed by atoms with Crippen LogP contribution in [-0.4, -0.2) is 35.4 Å². The zero-order valence-electron chi connectivity index (χ0n) is 14.0. The molecule has 7 heteroatoms. The lowest BCUT2D eigenvalue weighted by Crippen LogP contribution is -2.28. The lowest BCUT2D eigenvalue weighted by atomic mass is 10.2. The average Bonchev–Trinajstić information content (AvgIpc) is 2.92. The zero-order valence-corrected chi connectivity index (χ0v) is 14.8. The molecule has 0 bridgehead atoms. The number of nitrogens with zero attached hydrogens (tertiary/aromatic N) is 1. The molecule has 1 aromatic carbocycles. The van der Waals surface area contributed by atoms with E-state index in [1.165, 1.54) is 11.8 Å². The van der Waals surface area contributed by atoms with Gasteiger partial charge in [-0.15, -0.1) is 0 Å². The minimum absolute atomic E-state index is 0.121. The number of thioether (sulfide) groups is 1. The van der Waals surface area contributed by atoms with E-state index in [2.05, 4.69) is 15.6 Å². The summed E-state index contributed by atoms with van der Waals surface area (Å²) in [6.07, 6.45) is 1.99. The van der Waals surface area contributed by atoms with Crippen LogP contribution in [0.4, 0.5) is 5.69 Å². The van der Waals surface area contributed by atoms with Gasteiger partial charge in [0, 0.05) is 18.7 Å². The van der Waals surface area contributed by atoms with Gasteiger partial charge in [-0.3, -0.25) is 14.6 Å². The molecule has 0 aliphatic carbocycles. The maximum atomic E-state index is 12.1. The van der Waals surface area contributed by atoms with E-state index in [-0.39, 0.29) is 18.2 Å². The van der Waals surface area contributed by atoms with Crippen molar-refractivity contribution < 1.29 is 14.3 Å². The highest BCUT2D eigenvalue weighted by Crippen LogP contribution is 2.23. The number of nitrogens with one attached hydrogen (secondary N) is 2. The van der Waals surface area contributed by atoms with E-state index in [1.54, 1.807) is 12.1 Å². The van der Waals surface area contributed by atoms with E-state index in [0.717, 1.165) is 18.6 Å². The minimum atomic E-state index is -0.423. The van der Waals surface area contributed by atoms with Crippen molar-refractivity contribution in [3.8, 4) is 5.75 Å². The van der Waals surface area contributed by atoms with Crippen LogP contribution in [0, 0.1) is 0 Å². The Hall–Kier alpha value is -2.02. The number of hydrogen-bond donors (Lipinski definition) is 2. The molecular weight excluding hydrogens is 326 g/mol. The van der Waals surface area contributed by atoms with Crippen molar-refractivity contribution in [2.45, 2.75) is 38.4 Å². The second kappa shape index (κ2) is 9.32. The number of carbonyl (C=O) groups excluding carboxylic acids is 2. The Morgan fingerprint density at radius 2 is 2.04 bits per heavy atom. The Morgan fingerprint density at radius 3 is 2.71 bits per heavy atom. The Bertz CT molecular complexity index is 602. The number of carbonyl (C=O) groups is 2. The van der Waals surface area contributed by atoms with Gasteiger partial charge < -0.3 is 15.4 Å². The van der Waals surface area contributed by atoms with Gasteiger partial charge >= 0.3 is 0 Å². The summed E-state index contributed by atoms with van der Waals surface area (Å²) in [4.78, 5) is 28.3. The molecule has 1 saturated heterocycles. The fourth-order valence-electron chi connectivity index (χ4n) is 2.06. The lowest BCUT2D eigenvalue weighted by molar-refractivity contribution is -0.122. The second-order valence-corrected chi connectivity index (χ2v) is 6.60. The van der Waals surface area contributed by atoms with Gasteiger partial charge in [-0.2, -0.15) is 0 Å². The highest BCUT2D eigenvalue weighted by atomic mass is 32.2. The third kappa shape index (κ3) is 5.56. The van der Waals surface area contributed by atoms with Gasteiger partial charge in [0.1, 0.15) is 11.0 Å². The minimum Gasteiger partial charge on any atom is -0.494 e. The first kappa shape index (κ1) is 18.3. The zero-order chi connectivity index (χ0) is 17.4. The van der Waals surface area contributed by atoms with Crippen LogP contribution in [0.25, 0.3) is 0 Å². The van der Waals surface area contributed by atoms with Gasteiger partial charge in [-0.05, 0) is 37.1 Å². The third-order valence-electron chi connectivity index (χ3n) is 3.24. The first-order valence-electron chi connectivity index (χ1n) is 8.17. The highest BCUT2D eigenvalue weighted by Gasteiger charge is 2.31. The number of amides is 2. The second-order valence-electron chi connectivity index (χ2n) is 5.41. The molecule has 0 radical (unpaired) electrons. The molecule has 0 spiro atoms. The summed E-state index contributed by atoms with van der Waals surface area (Å²) in [6, 6.07) is 7.22. The largest absolute Gasteiger partial charge is 0.494 e. The van der Waals surface area contributed by atoms with E-state index in [1.807, 2.05) is 26.0 Å². The molecule has 6 nitrogen and oxygen atoms in total. The number of anilines is 1. The highest BCUT2D eigenvalue weighted by molar-refractivity contribution is 8.15. The summed E-state index contributed by atoms with van der Waals surface area (Å²) in [5.74, 6) is 0.423. The van der Waals surface area contributed by atoms with Gasteiger partial charge in [0.15, 0.2) is 5.17 Å². The fraction of sp³-hybridized carbons (Fsp3) is 0.471. The van der Waals surface area contributed by atoms with Crippen molar-refractivity contribution in [1.82, 2.24) is 5.32 Å². The number of amidine groups is 1. The standard InChI is InChI=1S/C17H23N3O3S/c1-3-9-18-17-20-16(22)14(24-17)11-15(21)19-12-5-7-13(8-6-12)23-10-4-2/h5-8,14H,3-4,9-11H2,1-2H3,(H,19,21)(H,18,20,22). The smallest absolute Gasteiger partial charge is 0.240 e. The number of rotatable bonds is 8. The normalized spacial score (nSPS) is 18.5. The predicted molar refractivity (Wildman–Crippen MR) is 97.6 cm³/mol. The molecule has 0 aromatic heterocycles. The first-order chi connectivity index (χ1) is 11.6. The molecule has 1 heterocycles. The Morgan fingerprint density at radius 1 is 1.29 bits per heavy atom. The Balaban J connectivity index is 1.83. The summed E-state index contributed by atoms with van der Waals surface area (Å²) in [6.45, 7) is 5.41. The van der Waals surface area contributed by atoms with Crippen molar-refractivity contribution in [2.75, 3.05) is 18.5 Å². The van der Waals surface area contributed by atoms with Crippen LogP contribution in [0.3, 0.4) is 0 Å².